The Kier molecular flexibility index (Phi) is 2.94. The van der Waals surface area contributed by atoms with Crippen LogP contribution >= 0.6 is 0 Å². The van der Waals surface area contributed by atoms with E-state index in [1.807, 2.05) is 0 Å². The molecular weight excluding hydrogens is 210 g/mol. The van der Waals surface area contributed by atoms with E-state index < -0.39 is 0 Å². The summed E-state index contributed by atoms with van der Waals surface area (Å²) in [6.07, 6.45) is 2.17. The Hall–Kier alpha value is -1.02. The number of hydrogen-bond donors (Lipinski definition) is 1. The highest BCUT2D eigenvalue weighted by Gasteiger charge is 2.44. The van der Waals surface area contributed by atoms with E-state index in [0.717, 1.165) is 18.6 Å². The first kappa shape index (κ1) is 12.4. The summed E-state index contributed by atoms with van der Waals surface area (Å²) >= 11 is 0. The molecule has 0 amide bonds. The summed E-state index contributed by atoms with van der Waals surface area (Å²) in [6, 6.07) is 6.42. The third-order valence-electron chi connectivity index (χ3n) is 3.45. The molecule has 1 saturated carbocycles. The number of aryl methyl sites for hydroxylation is 1. The number of benzene rings is 1. The lowest BCUT2D eigenvalue weighted by Crippen LogP contribution is -2.29. The maximum Gasteiger partial charge on any atom is 0.123 e. The van der Waals surface area contributed by atoms with Crippen LogP contribution in [0.5, 0.6) is 5.75 Å². The van der Waals surface area contributed by atoms with Crippen molar-refractivity contribution in [2.75, 3.05) is 6.54 Å². The zero-order valence-corrected chi connectivity index (χ0v) is 11.3. The highest BCUT2D eigenvalue weighted by atomic mass is 16.5. The van der Waals surface area contributed by atoms with E-state index in [-0.39, 0.29) is 11.0 Å². The Morgan fingerprint density at radius 2 is 1.94 bits per heavy atom. The second kappa shape index (κ2) is 4.02. The van der Waals surface area contributed by atoms with E-state index in [1.165, 1.54) is 11.1 Å². The maximum atomic E-state index is 6.15. The molecule has 0 radical (unpaired) electrons. The number of nitrogens with two attached hydrogens (primary N) is 1. The van der Waals surface area contributed by atoms with Crippen LogP contribution in [-0.4, -0.2) is 12.1 Å². The van der Waals surface area contributed by atoms with Crippen molar-refractivity contribution >= 4 is 0 Å². The van der Waals surface area contributed by atoms with E-state index in [1.54, 1.807) is 0 Å². The zero-order valence-electron chi connectivity index (χ0n) is 11.3. The van der Waals surface area contributed by atoms with Crippen molar-refractivity contribution in [2.24, 2.45) is 5.73 Å². The van der Waals surface area contributed by atoms with Crippen molar-refractivity contribution in [1.82, 2.24) is 0 Å². The molecule has 0 aromatic heterocycles. The molecule has 2 heteroatoms. The highest BCUT2D eigenvalue weighted by Crippen LogP contribution is 2.42. The average Bonchev–Trinajstić information content (AvgIpc) is 3.00. The summed E-state index contributed by atoms with van der Waals surface area (Å²) in [7, 11) is 0. The predicted octanol–water partition coefficient (Wildman–Crippen LogP) is 3.16. The fourth-order valence-electron chi connectivity index (χ4n) is 2.04. The lowest BCUT2D eigenvalue weighted by Gasteiger charge is -2.26. The lowest BCUT2D eigenvalue weighted by molar-refractivity contribution is 0.183. The van der Waals surface area contributed by atoms with E-state index in [4.69, 9.17) is 10.5 Å². The van der Waals surface area contributed by atoms with Gasteiger partial charge >= 0.3 is 0 Å². The van der Waals surface area contributed by atoms with Crippen molar-refractivity contribution in [1.29, 1.82) is 0 Å². The Balaban J connectivity index is 2.33. The Morgan fingerprint density at radius 1 is 1.29 bits per heavy atom. The Bertz CT molecular complexity index is 413. The molecule has 1 aromatic carbocycles. The molecule has 2 nitrogen and oxygen atoms in total. The molecule has 0 spiro atoms. The van der Waals surface area contributed by atoms with Crippen molar-refractivity contribution in [3.05, 3.63) is 29.3 Å². The van der Waals surface area contributed by atoms with Crippen LogP contribution in [0.2, 0.25) is 0 Å². The normalized spacial score (nSPS) is 17.9. The van der Waals surface area contributed by atoms with Crippen molar-refractivity contribution in [3.8, 4) is 5.75 Å². The van der Waals surface area contributed by atoms with Crippen molar-refractivity contribution in [2.45, 2.75) is 51.6 Å². The SMILES string of the molecule is Cc1ccc(OC2(CN)CC2)c(C(C)(C)C)c1. The van der Waals surface area contributed by atoms with E-state index in [2.05, 4.69) is 45.9 Å². The molecule has 1 aliphatic rings. The van der Waals surface area contributed by atoms with Gasteiger partial charge in [-0.15, -0.1) is 0 Å². The van der Waals surface area contributed by atoms with Crippen LogP contribution in [0.3, 0.4) is 0 Å². The fourth-order valence-corrected chi connectivity index (χ4v) is 2.04. The maximum absolute atomic E-state index is 6.15. The first-order valence-corrected chi connectivity index (χ1v) is 6.37. The quantitative estimate of drug-likeness (QED) is 0.870. The summed E-state index contributed by atoms with van der Waals surface area (Å²) in [4.78, 5) is 0. The minimum Gasteiger partial charge on any atom is -0.486 e. The van der Waals surface area contributed by atoms with Gasteiger partial charge in [0, 0.05) is 6.54 Å². The molecule has 0 heterocycles. The molecule has 2 N–H and O–H groups in total. The molecule has 0 bridgehead atoms. The van der Waals surface area contributed by atoms with Gasteiger partial charge in [0.1, 0.15) is 11.4 Å². The van der Waals surface area contributed by atoms with E-state index in [9.17, 15) is 0 Å². The Morgan fingerprint density at radius 3 is 2.41 bits per heavy atom. The van der Waals surface area contributed by atoms with Gasteiger partial charge in [0.15, 0.2) is 0 Å². The second-order valence-corrected chi connectivity index (χ2v) is 6.24. The van der Waals surface area contributed by atoms with Gasteiger partial charge in [0.05, 0.1) is 0 Å². The van der Waals surface area contributed by atoms with Crippen LogP contribution in [0, 0.1) is 6.92 Å². The van der Waals surface area contributed by atoms with Crippen LogP contribution in [0.15, 0.2) is 18.2 Å². The minimum absolute atomic E-state index is 0.0741. The topological polar surface area (TPSA) is 35.2 Å². The third-order valence-corrected chi connectivity index (χ3v) is 3.45. The van der Waals surface area contributed by atoms with E-state index in [0.29, 0.717) is 6.54 Å². The summed E-state index contributed by atoms with van der Waals surface area (Å²) in [6.45, 7) is 9.39. The number of hydrogen-bond acceptors (Lipinski definition) is 2. The molecule has 1 aromatic rings. The summed E-state index contributed by atoms with van der Waals surface area (Å²) < 4.78 is 6.15. The summed E-state index contributed by atoms with van der Waals surface area (Å²) in [5.74, 6) is 1.01. The molecule has 17 heavy (non-hydrogen) atoms. The number of rotatable bonds is 3. The molecule has 0 atom stereocenters. The lowest BCUT2D eigenvalue weighted by atomic mass is 9.85. The molecule has 0 saturated heterocycles. The molecule has 1 aliphatic carbocycles. The minimum atomic E-state index is -0.0741. The molecule has 2 rings (SSSR count). The standard InChI is InChI=1S/C15H23NO/c1-11-5-6-13(12(9-11)14(2,3)4)17-15(10-16)7-8-15/h5-6,9H,7-8,10,16H2,1-4H3. The fraction of sp³-hybridized carbons (Fsp3) is 0.600. The van der Waals surface area contributed by atoms with Crippen LogP contribution in [0.1, 0.15) is 44.7 Å². The summed E-state index contributed by atoms with van der Waals surface area (Å²) in [5, 5.41) is 0. The van der Waals surface area contributed by atoms with Gasteiger partial charge in [-0.3, -0.25) is 0 Å². The molecular formula is C15H23NO. The predicted molar refractivity (Wildman–Crippen MR) is 71.5 cm³/mol. The average molecular weight is 233 g/mol. The monoisotopic (exact) mass is 233 g/mol. The van der Waals surface area contributed by atoms with Crippen LogP contribution in [0.25, 0.3) is 0 Å². The van der Waals surface area contributed by atoms with Gasteiger partial charge in [-0.25, -0.2) is 0 Å². The zero-order chi connectivity index (χ0) is 12.7. The van der Waals surface area contributed by atoms with Crippen LogP contribution in [-0.2, 0) is 5.41 Å². The van der Waals surface area contributed by atoms with Gasteiger partial charge < -0.3 is 10.5 Å². The molecule has 94 valence electrons. The number of ether oxygens (including phenoxy) is 1. The Labute approximate surface area is 104 Å². The van der Waals surface area contributed by atoms with E-state index >= 15 is 0 Å². The van der Waals surface area contributed by atoms with Gasteiger partial charge in [-0.2, -0.15) is 0 Å². The van der Waals surface area contributed by atoms with Crippen LogP contribution in [0.4, 0.5) is 0 Å². The highest BCUT2D eigenvalue weighted by molar-refractivity contribution is 5.42. The first-order valence-electron chi connectivity index (χ1n) is 6.37. The van der Waals surface area contributed by atoms with Gasteiger partial charge in [0.2, 0.25) is 0 Å². The van der Waals surface area contributed by atoms with Crippen molar-refractivity contribution < 1.29 is 4.74 Å². The van der Waals surface area contributed by atoms with Crippen molar-refractivity contribution in [3.63, 3.8) is 0 Å². The van der Waals surface area contributed by atoms with Crippen LogP contribution < -0.4 is 10.5 Å². The first-order chi connectivity index (χ1) is 7.86. The largest absolute Gasteiger partial charge is 0.486 e. The second-order valence-electron chi connectivity index (χ2n) is 6.24. The van der Waals surface area contributed by atoms with Gasteiger partial charge in [-0.05, 0) is 36.8 Å². The third kappa shape index (κ3) is 2.63. The molecule has 0 aliphatic heterocycles. The molecule has 0 unspecified atom stereocenters. The van der Waals surface area contributed by atoms with Gasteiger partial charge in [-0.1, -0.05) is 38.5 Å². The molecule has 1 fully saturated rings. The van der Waals surface area contributed by atoms with Gasteiger partial charge in [0.25, 0.3) is 0 Å². The smallest absolute Gasteiger partial charge is 0.123 e. The summed E-state index contributed by atoms with van der Waals surface area (Å²) in [5.41, 5.74) is 8.36.